The Labute approximate surface area is 122 Å². The van der Waals surface area contributed by atoms with Crippen molar-refractivity contribution in [1.82, 2.24) is 15.1 Å². The van der Waals surface area contributed by atoms with Crippen molar-refractivity contribution in [3.05, 3.63) is 18.0 Å². The fraction of sp³-hybridized carbons (Fsp3) is 0.800. The number of nitrogens with zero attached hydrogens (tertiary/aromatic N) is 2. The first-order valence-electron chi connectivity index (χ1n) is 7.53. The number of hydrogen-bond donors (Lipinski definition) is 2. The van der Waals surface area contributed by atoms with Crippen LogP contribution in [-0.4, -0.2) is 47.3 Å². The molecule has 116 valence electrons. The molecule has 0 aliphatic heterocycles. The van der Waals surface area contributed by atoms with Crippen molar-refractivity contribution in [3.63, 3.8) is 0 Å². The summed E-state index contributed by atoms with van der Waals surface area (Å²) in [6, 6.07) is 2.01. The third-order valence-electron chi connectivity index (χ3n) is 3.09. The van der Waals surface area contributed by atoms with E-state index in [9.17, 15) is 5.11 Å². The fourth-order valence-corrected chi connectivity index (χ4v) is 1.95. The van der Waals surface area contributed by atoms with E-state index in [-0.39, 0.29) is 0 Å². The summed E-state index contributed by atoms with van der Waals surface area (Å²) in [5.74, 6) is 0.719. The quantitative estimate of drug-likeness (QED) is 0.602. The largest absolute Gasteiger partial charge is 0.389 e. The molecule has 0 amide bonds. The molecule has 0 spiro atoms. The number of nitrogens with one attached hydrogen (secondary N) is 1. The molecule has 5 nitrogen and oxygen atoms in total. The maximum Gasteiger partial charge on any atom is 0.0897 e. The minimum atomic E-state index is -0.433. The van der Waals surface area contributed by atoms with Crippen molar-refractivity contribution in [3.8, 4) is 0 Å². The van der Waals surface area contributed by atoms with Crippen LogP contribution in [0.15, 0.2) is 12.3 Å². The molecular weight excluding hydrogens is 254 g/mol. The van der Waals surface area contributed by atoms with Crippen LogP contribution in [0.4, 0.5) is 0 Å². The normalized spacial score (nSPS) is 13.1. The van der Waals surface area contributed by atoms with E-state index in [1.165, 1.54) is 6.42 Å². The third kappa shape index (κ3) is 8.30. The molecule has 0 saturated carbocycles. The first-order valence-corrected chi connectivity index (χ1v) is 7.53. The van der Waals surface area contributed by atoms with Gasteiger partial charge in [0.2, 0.25) is 0 Å². The first kappa shape index (κ1) is 17.1. The molecule has 1 rings (SSSR count). The lowest BCUT2D eigenvalue weighted by atomic mass is 10.1. The predicted molar refractivity (Wildman–Crippen MR) is 80.7 cm³/mol. The lowest BCUT2D eigenvalue weighted by Crippen LogP contribution is -2.31. The van der Waals surface area contributed by atoms with Crippen LogP contribution in [0.25, 0.3) is 0 Å². The van der Waals surface area contributed by atoms with E-state index in [0.717, 1.165) is 37.6 Å². The zero-order valence-corrected chi connectivity index (χ0v) is 13.0. The van der Waals surface area contributed by atoms with E-state index in [1.807, 2.05) is 19.3 Å². The summed E-state index contributed by atoms with van der Waals surface area (Å²) in [6.07, 6.45) is 4.63. The van der Waals surface area contributed by atoms with Crippen LogP contribution in [0.1, 0.15) is 32.4 Å². The molecular formula is C15H29N3O2. The van der Waals surface area contributed by atoms with E-state index in [1.54, 1.807) is 4.68 Å². The van der Waals surface area contributed by atoms with Crippen molar-refractivity contribution >= 4 is 0 Å². The summed E-state index contributed by atoms with van der Waals surface area (Å²) in [5.41, 5.74) is 1.07. The van der Waals surface area contributed by atoms with Crippen LogP contribution < -0.4 is 5.32 Å². The van der Waals surface area contributed by atoms with E-state index < -0.39 is 6.10 Å². The van der Waals surface area contributed by atoms with Gasteiger partial charge < -0.3 is 15.2 Å². The Balaban J connectivity index is 1.93. The van der Waals surface area contributed by atoms with E-state index in [0.29, 0.717) is 13.2 Å². The van der Waals surface area contributed by atoms with Crippen LogP contribution in [0.3, 0.4) is 0 Å². The summed E-state index contributed by atoms with van der Waals surface area (Å²) in [4.78, 5) is 0. The Morgan fingerprint density at radius 2 is 2.25 bits per heavy atom. The SMILES string of the molecule is CC(C)CCCOCC(O)CNCCc1ccn(C)n1. The number of aliphatic hydroxyl groups excluding tert-OH is 1. The summed E-state index contributed by atoms with van der Waals surface area (Å²) in [5, 5.41) is 17.3. The monoisotopic (exact) mass is 283 g/mol. The zero-order chi connectivity index (χ0) is 14.8. The molecule has 0 aromatic carbocycles. The standard InChI is InChI=1S/C15H29N3O2/c1-13(2)5-4-10-20-12-15(19)11-16-8-6-14-7-9-18(3)17-14/h7,9,13,15-16,19H,4-6,8,10-12H2,1-3H3. The second-order valence-corrected chi connectivity index (χ2v) is 5.70. The van der Waals surface area contributed by atoms with E-state index >= 15 is 0 Å². The average Bonchev–Trinajstić information content (AvgIpc) is 2.80. The van der Waals surface area contributed by atoms with Gasteiger partial charge in [-0.1, -0.05) is 13.8 Å². The molecule has 1 atom stereocenters. The lowest BCUT2D eigenvalue weighted by Gasteiger charge is -2.12. The Morgan fingerprint density at radius 1 is 1.45 bits per heavy atom. The second kappa shape index (κ2) is 9.91. The summed E-state index contributed by atoms with van der Waals surface area (Å²) in [7, 11) is 1.91. The molecule has 0 aliphatic carbocycles. The van der Waals surface area contributed by atoms with Gasteiger partial charge in [0, 0.05) is 39.4 Å². The Morgan fingerprint density at radius 3 is 2.90 bits per heavy atom. The van der Waals surface area contributed by atoms with E-state index in [2.05, 4.69) is 24.3 Å². The number of aryl methyl sites for hydroxylation is 1. The Bertz CT molecular complexity index is 353. The molecule has 0 aliphatic rings. The number of rotatable bonds is 11. The maximum atomic E-state index is 9.75. The first-order chi connectivity index (χ1) is 9.58. The molecule has 1 aromatic rings. The molecule has 0 fully saturated rings. The van der Waals surface area contributed by atoms with Crippen LogP contribution in [-0.2, 0) is 18.2 Å². The number of aliphatic hydroxyl groups is 1. The molecule has 0 radical (unpaired) electrons. The van der Waals surface area contributed by atoms with Crippen molar-refractivity contribution in [2.45, 2.75) is 39.2 Å². The molecule has 1 aromatic heterocycles. The Kier molecular flexibility index (Phi) is 8.49. The highest BCUT2D eigenvalue weighted by Gasteiger charge is 2.04. The third-order valence-corrected chi connectivity index (χ3v) is 3.09. The van der Waals surface area contributed by atoms with Crippen molar-refractivity contribution in [2.24, 2.45) is 13.0 Å². The van der Waals surface area contributed by atoms with Gasteiger partial charge in [0.05, 0.1) is 18.4 Å². The number of ether oxygens (including phenoxy) is 1. The van der Waals surface area contributed by atoms with Crippen molar-refractivity contribution < 1.29 is 9.84 Å². The maximum absolute atomic E-state index is 9.75. The molecule has 2 N–H and O–H groups in total. The molecule has 1 unspecified atom stereocenters. The van der Waals surface area contributed by atoms with Gasteiger partial charge in [0.25, 0.3) is 0 Å². The van der Waals surface area contributed by atoms with Crippen molar-refractivity contribution in [1.29, 1.82) is 0 Å². The molecule has 0 bridgehead atoms. The highest BCUT2D eigenvalue weighted by Crippen LogP contribution is 2.03. The highest BCUT2D eigenvalue weighted by atomic mass is 16.5. The number of aromatic nitrogens is 2. The van der Waals surface area contributed by atoms with Gasteiger partial charge in [-0.2, -0.15) is 5.10 Å². The zero-order valence-electron chi connectivity index (χ0n) is 13.0. The summed E-state index contributed by atoms with van der Waals surface area (Å²) in [6.45, 7) is 6.96. The second-order valence-electron chi connectivity index (χ2n) is 5.70. The topological polar surface area (TPSA) is 59.3 Å². The van der Waals surface area contributed by atoms with Gasteiger partial charge in [-0.05, 0) is 24.8 Å². The predicted octanol–water partition coefficient (Wildman–Crippen LogP) is 1.37. The smallest absolute Gasteiger partial charge is 0.0897 e. The van der Waals surface area contributed by atoms with Gasteiger partial charge in [-0.25, -0.2) is 0 Å². The van der Waals surface area contributed by atoms with Gasteiger partial charge in [-0.3, -0.25) is 4.68 Å². The average molecular weight is 283 g/mol. The summed E-state index contributed by atoms with van der Waals surface area (Å²) >= 11 is 0. The van der Waals surface area contributed by atoms with Gasteiger partial charge >= 0.3 is 0 Å². The van der Waals surface area contributed by atoms with Gasteiger partial charge in [-0.15, -0.1) is 0 Å². The van der Waals surface area contributed by atoms with Crippen LogP contribution in [0.2, 0.25) is 0 Å². The molecule has 5 heteroatoms. The highest BCUT2D eigenvalue weighted by molar-refractivity contribution is 4.98. The Hall–Kier alpha value is -0.910. The van der Waals surface area contributed by atoms with Crippen LogP contribution in [0, 0.1) is 5.92 Å². The lowest BCUT2D eigenvalue weighted by molar-refractivity contribution is 0.0349. The summed E-state index contributed by atoms with van der Waals surface area (Å²) < 4.78 is 7.26. The fourth-order valence-electron chi connectivity index (χ4n) is 1.95. The van der Waals surface area contributed by atoms with E-state index in [4.69, 9.17) is 4.74 Å². The minimum Gasteiger partial charge on any atom is -0.389 e. The molecule has 1 heterocycles. The van der Waals surface area contributed by atoms with Gasteiger partial charge in [0.15, 0.2) is 0 Å². The van der Waals surface area contributed by atoms with Crippen molar-refractivity contribution in [2.75, 3.05) is 26.3 Å². The van der Waals surface area contributed by atoms with Crippen LogP contribution >= 0.6 is 0 Å². The minimum absolute atomic E-state index is 0.411. The van der Waals surface area contributed by atoms with Gasteiger partial charge in [0.1, 0.15) is 0 Å². The van der Waals surface area contributed by atoms with Crippen LogP contribution in [0.5, 0.6) is 0 Å². The molecule has 0 saturated heterocycles. The molecule has 20 heavy (non-hydrogen) atoms. The number of hydrogen-bond acceptors (Lipinski definition) is 4.